The monoisotopic (exact) mass is 336 g/mol. The lowest BCUT2D eigenvalue weighted by Crippen LogP contribution is -2.44. The van der Waals surface area contributed by atoms with E-state index in [-0.39, 0.29) is 0 Å². The molecular weight excluding hydrogens is 316 g/mol. The molecule has 0 amide bonds. The zero-order chi connectivity index (χ0) is 15.4. The van der Waals surface area contributed by atoms with Crippen LogP contribution in [-0.2, 0) is 13.1 Å². The lowest BCUT2D eigenvalue weighted by atomic mass is 10.1. The van der Waals surface area contributed by atoms with Gasteiger partial charge in [0.1, 0.15) is 0 Å². The predicted octanol–water partition coefficient (Wildman–Crippen LogP) is 2.38. The van der Waals surface area contributed by atoms with Gasteiger partial charge in [0.25, 0.3) is 4.84 Å². The maximum atomic E-state index is 5.64. The number of piperazine rings is 1. The van der Waals surface area contributed by atoms with Gasteiger partial charge in [0.05, 0.1) is 13.1 Å². The molecule has 0 unspecified atom stereocenters. The largest absolute Gasteiger partial charge is 0.414 e. The van der Waals surface area contributed by atoms with Crippen molar-refractivity contribution in [2.45, 2.75) is 18.0 Å². The Morgan fingerprint density at radius 1 is 1.27 bits per heavy atom. The Labute approximate surface area is 139 Å². The molecule has 0 aliphatic carbocycles. The van der Waals surface area contributed by atoms with Crippen molar-refractivity contribution in [3.8, 4) is 0 Å². The number of nitrogens with one attached hydrogen (secondary N) is 1. The minimum absolute atomic E-state index is 0.453. The average Bonchev–Trinajstić information content (AvgIpc) is 2.88. The molecule has 3 rings (SSSR count). The molecule has 7 heteroatoms. The van der Waals surface area contributed by atoms with Gasteiger partial charge in [-0.15, -0.1) is 16.9 Å². The molecule has 0 bridgehead atoms. The first-order valence-electron chi connectivity index (χ1n) is 7.37. The van der Waals surface area contributed by atoms with Crippen molar-refractivity contribution >= 4 is 24.0 Å². The molecule has 1 aliphatic rings. The van der Waals surface area contributed by atoms with E-state index in [1.54, 1.807) is 16.4 Å². The van der Waals surface area contributed by atoms with Gasteiger partial charge in [0.2, 0.25) is 5.89 Å². The highest BCUT2D eigenvalue weighted by Gasteiger charge is 2.13. The molecule has 118 valence electrons. The molecule has 2 heterocycles. The summed E-state index contributed by atoms with van der Waals surface area (Å²) in [5.74, 6) is 0.678. The number of rotatable bonds is 5. The Morgan fingerprint density at radius 3 is 2.68 bits per heavy atom. The number of thioether (sulfide) groups is 1. The molecule has 0 spiro atoms. The van der Waals surface area contributed by atoms with Gasteiger partial charge >= 0.3 is 0 Å². The zero-order valence-corrected chi connectivity index (χ0v) is 14.3. The number of benzene rings is 1. The summed E-state index contributed by atoms with van der Waals surface area (Å²) in [5.41, 5.74) is 1.18. The van der Waals surface area contributed by atoms with Gasteiger partial charge in [-0.2, -0.15) is 0 Å². The third kappa shape index (κ3) is 3.98. The molecule has 5 nitrogen and oxygen atoms in total. The van der Waals surface area contributed by atoms with Gasteiger partial charge in [-0.25, -0.2) is 4.68 Å². The van der Waals surface area contributed by atoms with Crippen LogP contribution >= 0.6 is 24.0 Å². The second-order valence-corrected chi connectivity index (χ2v) is 6.52. The Hall–Kier alpha value is -1.15. The van der Waals surface area contributed by atoms with Crippen LogP contribution in [0.1, 0.15) is 11.5 Å². The minimum Gasteiger partial charge on any atom is -0.414 e. The summed E-state index contributed by atoms with van der Waals surface area (Å²) in [6.07, 6.45) is 2.75. The summed E-state index contributed by atoms with van der Waals surface area (Å²) in [6.45, 7) is 4.76. The van der Waals surface area contributed by atoms with E-state index in [0.717, 1.165) is 26.2 Å². The lowest BCUT2D eigenvalue weighted by molar-refractivity contribution is 0.180. The van der Waals surface area contributed by atoms with Crippen LogP contribution in [0.3, 0.4) is 0 Å². The van der Waals surface area contributed by atoms with Crippen LogP contribution < -0.4 is 5.32 Å². The molecular formula is C15H20N4OS2. The molecule has 1 aliphatic heterocycles. The second-order valence-electron chi connectivity index (χ2n) is 5.30. The Bertz CT molecular complexity index is 659. The smallest absolute Gasteiger partial charge is 0.288 e. The summed E-state index contributed by atoms with van der Waals surface area (Å²) in [6, 6.07) is 8.46. The number of aromatic nitrogens is 2. The molecule has 1 aromatic heterocycles. The van der Waals surface area contributed by atoms with E-state index >= 15 is 0 Å². The quantitative estimate of drug-likeness (QED) is 0.668. The van der Waals surface area contributed by atoms with Crippen molar-refractivity contribution in [3.05, 3.63) is 40.6 Å². The van der Waals surface area contributed by atoms with Gasteiger partial charge in [-0.3, -0.25) is 4.90 Å². The first kappa shape index (κ1) is 15.7. The fourth-order valence-electron chi connectivity index (χ4n) is 2.47. The van der Waals surface area contributed by atoms with Crippen molar-refractivity contribution in [2.24, 2.45) is 0 Å². The first-order valence-corrected chi connectivity index (χ1v) is 9.01. The van der Waals surface area contributed by atoms with Crippen LogP contribution in [-0.4, -0.2) is 47.1 Å². The summed E-state index contributed by atoms with van der Waals surface area (Å²) in [4.78, 5) is 4.04. The summed E-state index contributed by atoms with van der Waals surface area (Å²) >= 11 is 7.02. The molecule has 1 fully saturated rings. The maximum absolute atomic E-state index is 5.64. The van der Waals surface area contributed by atoms with Crippen LogP contribution in [0.2, 0.25) is 0 Å². The highest BCUT2D eigenvalue weighted by atomic mass is 32.2. The van der Waals surface area contributed by atoms with Crippen molar-refractivity contribution in [1.82, 2.24) is 20.0 Å². The van der Waals surface area contributed by atoms with E-state index < -0.39 is 0 Å². The predicted molar refractivity (Wildman–Crippen MR) is 90.8 cm³/mol. The number of nitrogens with zero attached hydrogens (tertiary/aromatic N) is 3. The topological polar surface area (TPSA) is 46.2 Å². The van der Waals surface area contributed by atoms with Crippen LogP contribution in [0.4, 0.5) is 0 Å². The fraction of sp³-hybridized carbons (Fsp3) is 0.467. The fourth-order valence-corrected chi connectivity index (χ4v) is 3.07. The third-order valence-electron chi connectivity index (χ3n) is 3.71. The summed E-state index contributed by atoms with van der Waals surface area (Å²) in [7, 11) is 0. The normalized spacial score (nSPS) is 16.0. The maximum Gasteiger partial charge on any atom is 0.288 e. The van der Waals surface area contributed by atoms with Crippen molar-refractivity contribution in [1.29, 1.82) is 0 Å². The van der Waals surface area contributed by atoms with Crippen LogP contribution in [0, 0.1) is 4.84 Å². The minimum atomic E-state index is 0.453. The standard InChI is InChI=1S/C15H20N4OS2/c1-22-13-4-2-12(3-5-13)10-14-17-19(15(21)20-14)11-18-8-6-16-7-9-18/h2-5,16H,6-11H2,1H3. The highest BCUT2D eigenvalue weighted by molar-refractivity contribution is 7.98. The molecule has 0 saturated carbocycles. The Morgan fingerprint density at radius 2 is 2.00 bits per heavy atom. The van der Waals surface area contributed by atoms with Gasteiger partial charge in [-0.05, 0) is 36.2 Å². The van der Waals surface area contributed by atoms with Gasteiger partial charge < -0.3 is 9.73 Å². The van der Waals surface area contributed by atoms with E-state index in [1.807, 2.05) is 0 Å². The second kappa shape index (κ2) is 7.41. The Kier molecular flexibility index (Phi) is 5.30. The van der Waals surface area contributed by atoms with E-state index in [4.69, 9.17) is 16.6 Å². The van der Waals surface area contributed by atoms with Gasteiger partial charge in [0.15, 0.2) is 0 Å². The van der Waals surface area contributed by atoms with E-state index in [1.165, 1.54) is 10.5 Å². The molecule has 1 aromatic carbocycles. The van der Waals surface area contributed by atoms with Crippen molar-refractivity contribution < 1.29 is 4.42 Å². The van der Waals surface area contributed by atoms with E-state index in [2.05, 4.69) is 45.8 Å². The zero-order valence-electron chi connectivity index (χ0n) is 12.6. The molecule has 1 N–H and O–H groups in total. The lowest BCUT2D eigenvalue weighted by Gasteiger charge is -2.26. The first-order chi connectivity index (χ1) is 10.7. The molecule has 22 heavy (non-hydrogen) atoms. The van der Waals surface area contributed by atoms with Gasteiger partial charge in [-0.1, -0.05) is 12.1 Å². The molecule has 0 radical (unpaired) electrons. The molecule has 1 saturated heterocycles. The third-order valence-corrected chi connectivity index (χ3v) is 4.74. The SMILES string of the molecule is CSc1ccc(Cc2nn(CN3CCNCC3)c(=S)o2)cc1. The average molecular weight is 336 g/mol. The summed E-state index contributed by atoms with van der Waals surface area (Å²) in [5, 5.41) is 7.86. The van der Waals surface area contributed by atoms with Crippen LogP contribution in [0.15, 0.2) is 33.6 Å². The van der Waals surface area contributed by atoms with Crippen molar-refractivity contribution in [2.75, 3.05) is 32.4 Å². The number of hydrogen-bond acceptors (Lipinski definition) is 6. The summed E-state index contributed by atoms with van der Waals surface area (Å²) < 4.78 is 7.42. The molecule has 0 atom stereocenters. The number of hydrogen-bond donors (Lipinski definition) is 1. The molecule has 2 aromatic rings. The van der Waals surface area contributed by atoms with Crippen LogP contribution in [0.5, 0.6) is 0 Å². The van der Waals surface area contributed by atoms with E-state index in [0.29, 0.717) is 23.8 Å². The Balaban J connectivity index is 1.67. The van der Waals surface area contributed by atoms with Crippen molar-refractivity contribution in [3.63, 3.8) is 0 Å². The van der Waals surface area contributed by atoms with Crippen LogP contribution in [0.25, 0.3) is 0 Å². The highest BCUT2D eigenvalue weighted by Crippen LogP contribution is 2.16. The van der Waals surface area contributed by atoms with E-state index in [9.17, 15) is 0 Å². The van der Waals surface area contributed by atoms with Gasteiger partial charge in [0, 0.05) is 31.1 Å².